The lowest BCUT2D eigenvalue weighted by atomic mass is 10.0. The number of amides is 1. The predicted octanol–water partition coefficient (Wildman–Crippen LogP) is 1.72. The third kappa shape index (κ3) is 4.02. The fraction of sp³-hybridized carbons (Fsp3) is 0.778. The zero-order chi connectivity index (χ0) is 8.85. The largest absolute Gasteiger partial charge is 0.349 e. The first-order valence-electron chi connectivity index (χ1n) is 4.10. The molecule has 1 unspecified atom stereocenters. The standard InChI is InChI=1S/C9H18NO/c1-5-6-7-8(2)9(11)10(3)4/h8H,1,5-7H2,2-4H3. The number of hydrogen-bond acceptors (Lipinski definition) is 1. The van der Waals surface area contributed by atoms with Crippen molar-refractivity contribution in [2.45, 2.75) is 26.2 Å². The van der Waals surface area contributed by atoms with E-state index in [1.54, 1.807) is 19.0 Å². The molecule has 1 radical (unpaired) electrons. The molecule has 0 aromatic carbocycles. The highest BCUT2D eigenvalue weighted by atomic mass is 16.2. The summed E-state index contributed by atoms with van der Waals surface area (Å²) in [5, 5.41) is 0. The number of nitrogens with zero attached hydrogens (tertiary/aromatic N) is 1. The Kier molecular flexibility index (Phi) is 4.92. The molecule has 0 spiro atoms. The molecule has 0 aromatic rings. The highest BCUT2D eigenvalue weighted by Crippen LogP contribution is 2.09. The number of unbranched alkanes of at least 4 members (excludes halogenated alkanes) is 1. The van der Waals surface area contributed by atoms with Crippen LogP contribution in [0.4, 0.5) is 0 Å². The maximum absolute atomic E-state index is 11.3. The highest BCUT2D eigenvalue weighted by Gasteiger charge is 2.12. The summed E-state index contributed by atoms with van der Waals surface area (Å²) in [5.41, 5.74) is 0. The molecule has 2 heteroatoms. The minimum Gasteiger partial charge on any atom is -0.349 e. The quantitative estimate of drug-likeness (QED) is 0.607. The van der Waals surface area contributed by atoms with Gasteiger partial charge in [0.2, 0.25) is 5.91 Å². The summed E-state index contributed by atoms with van der Waals surface area (Å²) < 4.78 is 0. The monoisotopic (exact) mass is 156 g/mol. The molecule has 1 atom stereocenters. The molecule has 0 aliphatic heterocycles. The van der Waals surface area contributed by atoms with Crippen LogP contribution in [-0.2, 0) is 4.79 Å². The van der Waals surface area contributed by atoms with Crippen molar-refractivity contribution in [2.24, 2.45) is 5.92 Å². The number of hydrogen-bond donors (Lipinski definition) is 0. The predicted molar refractivity (Wildman–Crippen MR) is 47.1 cm³/mol. The van der Waals surface area contributed by atoms with E-state index in [1.807, 2.05) is 6.92 Å². The molecule has 1 amide bonds. The Hall–Kier alpha value is -0.530. The smallest absolute Gasteiger partial charge is 0.224 e. The second-order valence-corrected chi connectivity index (χ2v) is 3.13. The fourth-order valence-electron chi connectivity index (χ4n) is 1.01. The van der Waals surface area contributed by atoms with E-state index in [-0.39, 0.29) is 11.8 Å². The van der Waals surface area contributed by atoms with Crippen molar-refractivity contribution in [3.63, 3.8) is 0 Å². The van der Waals surface area contributed by atoms with E-state index >= 15 is 0 Å². The molecule has 0 saturated carbocycles. The van der Waals surface area contributed by atoms with E-state index in [1.165, 1.54) is 0 Å². The second kappa shape index (κ2) is 5.16. The van der Waals surface area contributed by atoms with Gasteiger partial charge in [-0.15, -0.1) is 0 Å². The summed E-state index contributed by atoms with van der Waals surface area (Å²) in [7, 11) is 3.59. The van der Waals surface area contributed by atoms with E-state index in [4.69, 9.17) is 0 Å². The van der Waals surface area contributed by atoms with Crippen LogP contribution in [0.3, 0.4) is 0 Å². The van der Waals surface area contributed by atoms with Crippen molar-refractivity contribution >= 4 is 5.91 Å². The van der Waals surface area contributed by atoms with Crippen molar-refractivity contribution < 1.29 is 4.79 Å². The van der Waals surface area contributed by atoms with Gasteiger partial charge in [0.05, 0.1) is 0 Å². The van der Waals surface area contributed by atoms with E-state index in [2.05, 4.69) is 6.92 Å². The molecular weight excluding hydrogens is 138 g/mol. The van der Waals surface area contributed by atoms with E-state index in [9.17, 15) is 4.79 Å². The van der Waals surface area contributed by atoms with Crippen molar-refractivity contribution in [3.8, 4) is 0 Å². The van der Waals surface area contributed by atoms with Gasteiger partial charge in [-0.05, 0) is 6.42 Å². The molecule has 0 saturated heterocycles. The Labute approximate surface area is 69.6 Å². The minimum absolute atomic E-state index is 0.159. The van der Waals surface area contributed by atoms with Crippen LogP contribution in [0.15, 0.2) is 0 Å². The van der Waals surface area contributed by atoms with Gasteiger partial charge >= 0.3 is 0 Å². The summed E-state index contributed by atoms with van der Waals surface area (Å²) in [4.78, 5) is 12.9. The van der Waals surface area contributed by atoms with Gasteiger partial charge in [-0.3, -0.25) is 4.79 Å². The van der Waals surface area contributed by atoms with Crippen LogP contribution < -0.4 is 0 Å². The molecule has 0 heterocycles. The van der Waals surface area contributed by atoms with Gasteiger partial charge in [0.25, 0.3) is 0 Å². The van der Waals surface area contributed by atoms with Crippen LogP contribution in [0.1, 0.15) is 26.2 Å². The van der Waals surface area contributed by atoms with E-state index in [0.29, 0.717) is 0 Å². The fourth-order valence-corrected chi connectivity index (χ4v) is 1.01. The van der Waals surface area contributed by atoms with Crippen LogP contribution in [-0.4, -0.2) is 24.9 Å². The molecule has 2 nitrogen and oxygen atoms in total. The van der Waals surface area contributed by atoms with Gasteiger partial charge in [-0.1, -0.05) is 26.7 Å². The summed E-state index contributed by atoms with van der Waals surface area (Å²) in [6, 6.07) is 0. The Bertz CT molecular complexity index is 121. The van der Waals surface area contributed by atoms with Gasteiger partial charge in [0.15, 0.2) is 0 Å². The lowest BCUT2D eigenvalue weighted by Gasteiger charge is -2.15. The SMILES string of the molecule is [CH2]CCCC(C)C(=O)N(C)C. The van der Waals surface area contributed by atoms with Crippen molar-refractivity contribution in [2.75, 3.05) is 14.1 Å². The summed E-state index contributed by atoms with van der Waals surface area (Å²) in [6.07, 6.45) is 2.92. The topological polar surface area (TPSA) is 20.3 Å². The van der Waals surface area contributed by atoms with E-state index < -0.39 is 0 Å². The molecule has 0 rings (SSSR count). The van der Waals surface area contributed by atoms with Crippen LogP contribution >= 0.6 is 0 Å². The Morgan fingerprint density at radius 2 is 2.09 bits per heavy atom. The minimum atomic E-state index is 0.159. The van der Waals surface area contributed by atoms with E-state index in [0.717, 1.165) is 19.3 Å². The summed E-state index contributed by atoms with van der Waals surface area (Å²) >= 11 is 0. The zero-order valence-corrected chi connectivity index (χ0v) is 7.76. The molecule has 0 aromatic heterocycles. The number of carbonyl (C=O) groups excluding carboxylic acids is 1. The highest BCUT2D eigenvalue weighted by molar-refractivity contribution is 5.77. The number of rotatable bonds is 4. The van der Waals surface area contributed by atoms with Crippen LogP contribution in [0.25, 0.3) is 0 Å². The Morgan fingerprint density at radius 1 is 1.55 bits per heavy atom. The molecule has 0 aliphatic carbocycles. The number of carbonyl (C=O) groups is 1. The van der Waals surface area contributed by atoms with Gasteiger partial charge in [0.1, 0.15) is 0 Å². The summed E-state index contributed by atoms with van der Waals surface area (Å²) in [5.74, 6) is 0.380. The molecule has 0 N–H and O–H groups in total. The lowest BCUT2D eigenvalue weighted by Crippen LogP contribution is -2.27. The molecule has 0 aliphatic rings. The van der Waals surface area contributed by atoms with Gasteiger partial charge in [0, 0.05) is 20.0 Å². The first-order chi connectivity index (χ1) is 5.09. The molecule has 11 heavy (non-hydrogen) atoms. The van der Waals surface area contributed by atoms with Crippen molar-refractivity contribution in [3.05, 3.63) is 6.92 Å². The second-order valence-electron chi connectivity index (χ2n) is 3.13. The molecule has 65 valence electrons. The molecule has 0 fully saturated rings. The zero-order valence-electron chi connectivity index (χ0n) is 7.76. The maximum Gasteiger partial charge on any atom is 0.224 e. The average Bonchev–Trinajstić information content (AvgIpc) is 1.98. The van der Waals surface area contributed by atoms with Crippen molar-refractivity contribution in [1.82, 2.24) is 4.90 Å². The molecule has 0 bridgehead atoms. The van der Waals surface area contributed by atoms with Crippen LogP contribution in [0.2, 0.25) is 0 Å². The average molecular weight is 156 g/mol. The normalized spacial score (nSPS) is 12.7. The Balaban J connectivity index is 3.64. The first-order valence-corrected chi connectivity index (χ1v) is 4.10. The summed E-state index contributed by atoms with van der Waals surface area (Å²) in [6.45, 7) is 5.71. The Morgan fingerprint density at radius 3 is 2.45 bits per heavy atom. The van der Waals surface area contributed by atoms with Crippen LogP contribution in [0, 0.1) is 12.8 Å². The first kappa shape index (κ1) is 10.5. The third-order valence-electron chi connectivity index (χ3n) is 1.75. The van der Waals surface area contributed by atoms with Gasteiger partial charge < -0.3 is 4.90 Å². The van der Waals surface area contributed by atoms with Gasteiger partial charge in [-0.2, -0.15) is 0 Å². The molecular formula is C9H18NO. The lowest BCUT2D eigenvalue weighted by molar-refractivity contribution is -0.132. The van der Waals surface area contributed by atoms with Crippen LogP contribution in [0.5, 0.6) is 0 Å². The van der Waals surface area contributed by atoms with Crippen molar-refractivity contribution in [1.29, 1.82) is 0 Å². The third-order valence-corrected chi connectivity index (χ3v) is 1.75. The maximum atomic E-state index is 11.3. The van der Waals surface area contributed by atoms with Gasteiger partial charge in [-0.25, -0.2) is 0 Å².